The van der Waals surface area contributed by atoms with Gasteiger partial charge in [0.15, 0.2) is 5.17 Å². The Hall–Kier alpha value is -2.55. The number of hydrogen-bond donors (Lipinski definition) is 2. The summed E-state index contributed by atoms with van der Waals surface area (Å²) in [5.74, 6) is 0.0889. The van der Waals surface area contributed by atoms with Crippen LogP contribution in [-0.2, 0) is 9.59 Å². The number of amidine groups is 1. The molecule has 156 valence electrons. The smallest absolute Gasteiger partial charge is 0.240 e. The van der Waals surface area contributed by atoms with Crippen LogP contribution in [-0.4, -0.2) is 35.1 Å². The largest absolute Gasteiger partial charge is 0.497 e. The minimum Gasteiger partial charge on any atom is -0.497 e. The molecule has 1 aliphatic heterocycles. The highest BCUT2D eigenvalue weighted by Gasteiger charge is 2.32. The van der Waals surface area contributed by atoms with Crippen molar-refractivity contribution in [2.75, 3.05) is 12.4 Å². The molecule has 2 N–H and O–H groups in total. The lowest BCUT2D eigenvalue weighted by atomic mass is 10.1. The van der Waals surface area contributed by atoms with E-state index in [0.717, 1.165) is 23.1 Å². The van der Waals surface area contributed by atoms with Crippen molar-refractivity contribution < 1.29 is 14.3 Å². The van der Waals surface area contributed by atoms with E-state index in [1.165, 1.54) is 0 Å². The summed E-state index contributed by atoms with van der Waals surface area (Å²) in [6, 6.07) is 12.1. The molecule has 1 saturated heterocycles. The Kier molecular flexibility index (Phi) is 7.36. The lowest BCUT2D eigenvalue weighted by Gasteiger charge is -2.09. The predicted molar refractivity (Wildman–Crippen MR) is 122 cm³/mol. The standard InChI is InChI=1S/C20H18Cl2N4O3S/c1-11(12-3-6-14(29-2)7-4-12)25-26-20-24-19(28)17(30-20)10-18(27)23-16-9-13(21)5-8-15(16)22/h3-9,17H,10H2,1-2H3,(H,23,27)(H,24,26,28)/b25-11-/t17-/m0/s1. The molecule has 0 bridgehead atoms. The fourth-order valence-electron chi connectivity index (χ4n) is 2.56. The Morgan fingerprint density at radius 3 is 2.67 bits per heavy atom. The SMILES string of the molecule is COc1ccc(/C(C)=N\N=C2/NC(=O)[C@H](CC(=O)Nc3cc(Cl)ccc3Cl)S2)cc1. The molecule has 0 spiro atoms. The summed E-state index contributed by atoms with van der Waals surface area (Å²) in [6.07, 6.45) is -0.0421. The molecular formula is C20H18Cl2N4O3S. The van der Waals surface area contributed by atoms with E-state index < -0.39 is 5.25 Å². The van der Waals surface area contributed by atoms with E-state index in [0.29, 0.717) is 26.6 Å². The number of amides is 2. The maximum absolute atomic E-state index is 12.3. The van der Waals surface area contributed by atoms with Crippen LogP contribution in [0.3, 0.4) is 0 Å². The number of rotatable bonds is 6. The molecule has 0 radical (unpaired) electrons. The second kappa shape index (κ2) is 9.97. The maximum Gasteiger partial charge on any atom is 0.240 e. The Balaban J connectivity index is 1.61. The molecule has 3 rings (SSSR count). The van der Waals surface area contributed by atoms with Gasteiger partial charge in [-0.05, 0) is 55.0 Å². The van der Waals surface area contributed by atoms with Gasteiger partial charge in [-0.3, -0.25) is 9.59 Å². The third-order valence-electron chi connectivity index (χ3n) is 4.15. The van der Waals surface area contributed by atoms with Crippen molar-refractivity contribution in [1.82, 2.24) is 5.32 Å². The maximum atomic E-state index is 12.3. The number of nitrogens with zero attached hydrogens (tertiary/aromatic N) is 2. The minimum atomic E-state index is -0.613. The average molecular weight is 465 g/mol. The van der Waals surface area contributed by atoms with E-state index in [1.807, 2.05) is 31.2 Å². The summed E-state index contributed by atoms with van der Waals surface area (Å²) >= 11 is 13.1. The van der Waals surface area contributed by atoms with Crippen LogP contribution in [0, 0.1) is 0 Å². The van der Waals surface area contributed by atoms with Gasteiger partial charge in [-0.2, -0.15) is 5.10 Å². The first-order valence-electron chi connectivity index (χ1n) is 8.85. The summed E-state index contributed by atoms with van der Waals surface area (Å²) in [5, 5.41) is 14.1. The van der Waals surface area contributed by atoms with Gasteiger partial charge in [0, 0.05) is 11.4 Å². The number of hydrogen-bond acceptors (Lipinski definition) is 6. The number of anilines is 1. The highest BCUT2D eigenvalue weighted by atomic mass is 35.5. The van der Waals surface area contributed by atoms with Crippen molar-refractivity contribution in [2.45, 2.75) is 18.6 Å². The average Bonchev–Trinajstić information content (AvgIpc) is 3.08. The highest BCUT2D eigenvalue weighted by Crippen LogP contribution is 2.27. The van der Waals surface area contributed by atoms with Crippen molar-refractivity contribution in [3.8, 4) is 5.75 Å². The van der Waals surface area contributed by atoms with Gasteiger partial charge in [0.2, 0.25) is 11.8 Å². The van der Waals surface area contributed by atoms with Crippen molar-refractivity contribution in [3.05, 3.63) is 58.1 Å². The van der Waals surface area contributed by atoms with Gasteiger partial charge in [0.05, 0.1) is 23.5 Å². The van der Waals surface area contributed by atoms with E-state index in [9.17, 15) is 9.59 Å². The summed E-state index contributed by atoms with van der Waals surface area (Å²) in [6.45, 7) is 1.81. The molecular weight excluding hydrogens is 447 g/mol. The zero-order chi connectivity index (χ0) is 21.7. The molecule has 10 heteroatoms. The van der Waals surface area contributed by atoms with E-state index in [2.05, 4.69) is 20.8 Å². The van der Waals surface area contributed by atoms with Crippen molar-refractivity contribution in [2.24, 2.45) is 10.2 Å². The van der Waals surface area contributed by atoms with Gasteiger partial charge in [-0.15, -0.1) is 5.10 Å². The number of nitrogens with one attached hydrogen (secondary N) is 2. The first-order chi connectivity index (χ1) is 14.4. The van der Waals surface area contributed by atoms with E-state index in [4.69, 9.17) is 27.9 Å². The number of carbonyl (C=O) groups is 2. The summed E-state index contributed by atoms with van der Waals surface area (Å²) < 4.78 is 5.13. The molecule has 1 aliphatic rings. The minimum absolute atomic E-state index is 0.0421. The Labute approximate surface area is 187 Å². The fourth-order valence-corrected chi connectivity index (χ4v) is 3.81. The Morgan fingerprint density at radius 2 is 1.97 bits per heavy atom. The van der Waals surface area contributed by atoms with E-state index >= 15 is 0 Å². The molecule has 0 unspecified atom stereocenters. The molecule has 7 nitrogen and oxygen atoms in total. The molecule has 2 amide bonds. The topological polar surface area (TPSA) is 92.2 Å². The van der Waals surface area contributed by atoms with Gasteiger partial charge in [-0.1, -0.05) is 35.0 Å². The van der Waals surface area contributed by atoms with Crippen LogP contribution in [0.25, 0.3) is 0 Å². The summed E-state index contributed by atoms with van der Waals surface area (Å²) in [4.78, 5) is 24.5. The normalized spacial score (nSPS) is 17.7. The molecule has 1 heterocycles. The predicted octanol–water partition coefficient (Wildman–Crippen LogP) is 4.34. The zero-order valence-electron chi connectivity index (χ0n) is 16.1. The van der Waals surface area contributed by atoms with Gasteiger partial charge >= 0.3 is 0 Å². The molecule has 1 fully saturated rings. The second-order valence-electron chi connectivity index (χ2n) is 6.29. The van der Waals surface area contributed by atoms with Gasteiger partial charge in [0.25, 0.3) is 0 Å². The third kappa shape index (κ3) is 5.75. The second-order valence-corrected chi connectivity index (χ2v) is 8.33. The number of thioether (sulfide) groups is 1. The lowest BCUT2D eigenvalue weighted by Crippen LogP contribution is -2.28. The van der Waals surface area contributed by atoms with Crippen LogP contribution in [0.15, 0.2) is 52.7 Å². The van der Waals surface area contributed by atoms with Crippen LogP contribution in [0.4, 0.5) is 5.69 Å². The molecule has 2 aromatic rings. The molecule has 0 saturated carbocycles. The molecule has 2 aromatic carbocycles. The van der Waals surface area contributed by atoms with Gasteiger partial charge in [0.1, 0.15) is 11.0 Å². The third-order valence-corrected chi connectivity index (χ3v) is 5.79. The van der Waals surface area contributed by atoms with Crippen molar-refractivity contribution in [3.63, 3.8) is 0 Å². The first-order valence-corrected chi connectivity index (χ1v) is 10.5. The van der Waals surface area contributed by atoms with Crippen LogP contribution < -0.4 is 15.4 Å². The van der Waals surface area contributed by atoms with E-state index in [1.54, 1.807) is 25.3 Å². The number of benzene rings is 2. The first kappa shape index (κ1) is 22.1. The highest BCUT2D eigenvalue weighted by molar-refractivity contribution is 8.15. The van der Waals surface area contributed by atoms with Crippen molar-refractivity contribution >= 4 is 63.3 Å². The number of carbonyl (C=O) groups excluding carboxylic acids is 2. The molecule has 1 atom stereocenters. The number of halogens is 2. The summed E-state index contributed by atoms with van der Waals surface area (Å²) in [7, 11) is 1.60. The monoisotopic (exact) mass is 464 g/mol. The summed E-state index contributed by atoms with van der Waals surface area (Å²) in [5.41, 5.74) is 1.95. The Morgan fingerprint density at radius 1 is 1.23 bits per heavy atom. The van der Waals surface area contributed by atoms with Crippen LogP contribution in [0.1, 0.15) is 18.9 Å². The Bertz CT molecular complexity index is 1030. The lowest BCUT2D eigenvalue weighted by molar-refractivity contribution is -0.122. The quantitative estimate of drug-likeness (QED) is 0.491. The van der Waals surface area contributed by atoms with Crippen molar-refractivity contribution in [1.29, 1.82) is 0 Å². The zero-order valence-corrected chi connectivity index (χ0v) is 18.4. The van der Waals surface area contributed by atoms with Crippen LogP contribution in [0.2, 0.25) is 10.0 Å². The number of methoxy groups -OCH3 is 1. The molecule has 0 aromatic heterocycles. The fraction of sp³-hybridized carbons (Fsp3) is 0.200. The number of ether oxygens (including phenoxy) is 1. The molecule has 30 heavy (non-hydrogen) atoms. The molecule has 0 aliphatic carbocycles. The van der Waals surface area contributed by atoms with E-state index in [-0.39, 0.29) is 18.2 Å². The van der Waals surface area contributed by atoms with Gasteiger partial charge in [-0.25, -0.2) is 0 Å². The van der Waals surface area contributed by atoms with Crippen LogP contribution >= 0.6 is 35.0 Å². The van der Waals surface area contributed by atoms with Crippen LogP contribution in [0.5, 0.6) is 5.75 Å². The van der Waals surface area contributed by atoms with Gasteiger partial charge < -0.3 is 15.4 Å².